The van der Waals surface area contributed by atoms with Crippen molar-refractivity contribution in [3.8, 4) is 0 Å². The van der Waals surface area contributed by atoms with Crippen molar-refractivity contribution < 1.29 is 14.1 Å². The highest BCUT2D eigenvalue weighted by Gasteiger charge is 2.34. The van der Waals surface area contributed by atoms with Crippen molar-refractivity contribution in [1.82, 2.24) is 0 Å². The number of methoxy groups -OCH3 is 1. The van der Waals surface area contributed by atoms with Crippen LogP contribution in [0.4, 0.5) is 0 Å². The number of rotatable bonds is 4. The Morgan fingerprint density at radius 1 is 0.786 bits per heavy atom. The molecule has 3 rings (SSSR count). The van der Waals surface area contributed by atoms with Crippen LogP contribution in [0.25, 0.3) is 0 Å². The quantitative estimate of drug-likeness (QED) is 0.251. The largest absolute Gasteiger partial charge is 0.465 e. The molecule has 0 atom stereocenters. The number of benzene rings is 3. The molecule has 8 heteroatoms. The highest BCUT2D eigenvalue weighted by molar-refractivity contribution is 9.11. The highest BCUT2D eigenvalue weighted by Crippen LogP contribution is 2.45. The predicted octanol–water partition coefficient (Wildman–Crippen LogP) is 6.16. The van der Waals surface area contributed by atoms with E-state index in [-0.39, 0.29) is 5.56 Å². The second kappa shape index (κ2) is 8.97. The molecule has 3 nitrogen and oxygen atoms in total. The second-order valence-corrected chi connectivity index (χ2v) is 12.3. The lowest BCUT2D eigenvalue weighted by Crippen LogP contribution is -2.29. The number of carbonyl (C=O) groups is 1. The molecule has 0 unspecified atom stereocenters. The van der Waals surface area contributed by atoms with Crippen molar-refractivity contribution in [3.63, 3.8) is 0 Å². The van der Waals surface area contributed by atoms with E-state index in [1.165, 1.54) is 7.11 Å². The second-order valence-electron chi connectivity index (χ2n) is 5.87. The van der Waals surface area contributed by atoms with Gasteiger partial charge in [-0.2, -0.15) is 0 Å². The SMILES string of the molecule is COC(=O)c1ccccc1P(=O)(c1cc(Br)cc(Br)c1)c1cc(Br)cc(Br)c1. The monoisotopic (exact) mass is 648 g/mol. The molecule has 3 aromatic rings. The zero-order valence-electron chi connectivity index (χ0n) is 14.5. The van der Waals surface area contributed by atoms with Crippen molar-refractivity contribution in [2.24, 2.45) is 0 Å². The fourth-order valence-corrected chi connectivity index (χ4v) is 9.13. The average Bonchev–Trinajstić information content (AvgIpc) is 2.65. The molecule has 0 bridgehead atoms. The van der Waals surface area contributed by atoms with Gasteiger partial charge >= 0.3 is 5.97 Å². The lowest BCUT2D eigenvalue weighted by atomic mass is 10.2. The van der Waals surface area contributed by atoms with E-state index in [9.17, 15) is 9.36 Å². The molecule has 0 aliphatic rings. The van der Waals surface area contributed by atoms with E-state index in [1.807, 2.05) is 36.4 Å². The van der Waals surface area contributed by atoms with E-state index in [2.05, 4.69) is 63.7 Å². The van der Waals surface area contributed by atoms with E-state index in [1.54, 1.807) is 24.3 Å². The zero-order valence-corrected chi connectivity index (χ0v) is 21.7. The van der Waals surface area contributed by atoms with Gasteiger partial charge in [0.05, 0.1) is 12.7 Å². The normalized spacial score (nSPS) is 11.3. The molecule has 0 saturated carbocycles. The van der Waals surface area contributed by atoms with Crippen LogP contribution in [-0.4, -0.2) is 13.1 Å². The van der Waals surface area contributed by atoms with Gasteiger partial charge in [0.15, 0.2) is 7.14 Å². The molecule has 0 aliphatic heterocycles. The number of halogens is 4. The summed E-state index contributed by atoms with van der Waals surface area (Å²) in [5, 5.41) is 1.61. The van der Waals surface area contributed by atoms with Crippen molar-refractivity contribution in [3.05, 3.63) is 84.1 Å². The molecular formula is C20H13Br4O3P. The molecule has 0 aliphatic carbocycles. The standard InChI is InChI=1S/C20H13Br4O3P/c1-27-20(25)18-4-2-3-5-19(18)28(26,16-8-12(21)6-13(22)9-16)17-10-14(23)7-15(24)11-17/h2-11H,1H3. The summed E-state index contributed by atoms with van der Waals surface area (Å²) in [5.41, 5.74) is 0.278. The summed E-state index contributed by atoms with van der Waals surface area (Å²) in [6.45, 7) is 0. The van der Waals surface area contributed by atoms with Crippen molar-refractivity contribution in [2.75, 3.05) is 7.11 Å². The van der Waals surface area contributed by atoms with E-state index in [0.717, 1.165) is 17.9 Å². The Balaban J connectivity index is 2.43. The molecule has 144 valence electrons. The summed E-state index contributed by atoms with van der Waals surface area (Å²) in [6.07, 6.45) is 0. The molecule has 0 spiro atoms. The summed E-state index contributed by atoms with van der Waals surface area (Å²) in [6, 6.07) is 17.9. The lowest BCUT2D eigenvalue weighted by Gasteiger charge is -2.23. The zero-order chi connectivity index (χ0) is 20.5. The summed E-state index contributed by atoms with van der Waals surface area (Å²) in [7, 11) is -2.09. The van der Waals surface area contributed by atoms with Gasteiger partial charge < -0.3 is 9.30 Å². The van der Waals surface area contributed by atoms with E-state index < -0.39 is 13.1 Å². The van der Waals surface area contributed by atoms with Crippen molar-refractivity contribution in [1.29, 1.82) is 0 Å². The highest BCUT2D eigenvalue weighted by atomic mass is 79.9. The number of hydrogen-bond acceptors (Lipinski definition) is 3. The molecule has 3 aromatic carbocycles. The fraction of sp³-hybridized carbons (Fsp3) is 0.0500. The first-order chi connectivity index (χ1) is 13.3. The number of carbonyl (C=O) groups excluding carboxylic acids is 1. The Labute approximate surface area is 196 Å². The first-order valence-electron chi connectivity index (χ1n) is 7.97. The van der Waals surface area contributed by atoms with Crippen LogP contribution in [0.2, 0.25) is 0 Å². The van der Waals surface area contributed by atoms with Gasteiger partial charge in [-0.15, -0.1) is 0 Å². The van der Waals surface area contributed by atoms with Gasteiger partial charge in [-0.1, -0.05) is 75.9 Å². The van der Waals surface area contributed by atoms with Gasteiger partial charge in [-0.05, 0) is 48.5 Å². The topological polar surface area (TPSA) is 43.4 Å². The average molecular weight is 652 g/mol. The van der Waals surface area contributed by atoms with Gasteiger partial charge in [-0.3, -0.25) is 0 Å². The molecule has 0 radical (unpaired) electrons. The molecule has 0 aromatic heterocycles. The minimum absolute atomic E-state index is 0.278. The van der Waals surface area contributed by atoms with Crippen molar-refractivity contribution in [2.45, 2.75) is 0 Å². The lowest BCUT2D eigenvalue weighted by molar-refractivity contribution is 0.0602. The maximum atomic E-state index is 14.8. The summed E-state index contributed by atoms with van der Waals surface area (Å²) >= 11 is 13.9. The Morgan fingerprint density at radius 3 is 1.64 bits per heavy atom. The Bertz CT molecular complexity index is 1020. The third-order valence-electron chi connectivity index (χ3n) is 4.07. The molecule has 0 amide bonds. The molecule has 0 fully saturated rings. The fourth-order valence-electron chi connectivity index (χ4n) is 2.90. The van der Waals surface area contributed by atoms with E-state index in [0.29, 0.717) is 15.9 Å². The van der Waals surface area contributed by atoms with Crippen LogP contribution in [0.15, 0.2) is 78.6 Å². The van der Waals surface area contributed by atoms with Gasteiger partial charge in [0.25, 0.3) is 0 Å². The predicted molar refractivity (Wildman–Crippen MR) is 128 cm³/mol. The summed E-state index contributed by atoms with van der Waals surface area (Å²) in [5.74, 6) is -0.529. The van der Waals surface area contributed by atoms with Crippen LogP contribution in [0, 0.1) is 0 Å². The third kappa shape index (κ3) is 4.39. The maximum absolute atomic E-state index is 14.8. The van der Waals surface area contributed by atoms with Crippen LogP contribution in [0.1, 0.15) is 10.4 Å². The van der Waals surface area contributed by atoms with Crippen LogP contribution < -0.4 is 15.9 Å². The number of esters is 1. The first-order valence-corrected chi connectivity index (χ1v) is 12.8. The van der Waals surface area contributed by atoms with Gasteiger partial charge in [-0.25, -0.2) is 4.79 Å². The Morgan fingerprint density at radius 2 is 1.21 bits per heavy atom. The molecule has 0 N–H and O–H groups in total. The Hall–Kier alpha value is -0.720. The van der Waals surface area contributed by atoms with Gasteiger partial charge in [0.2, 0.25) is 0 Å². The van der Waals surface area contributed by atoms with Crippen LogP contribution in [0.3, 0.4) is 0 Å². The van der Waals surface area contributed by atoms with Crippen molar-refractivity contribution >= 4 is 92.7 Å². The van der Waals surface area contributed by atoms with Gasteiger partial charge in [0.1, 0.15) is 0 Å². The summed E-state index contributed by atoms with van der Waals surface area (Å²) in [4.78, 5) is 12.4. The molecule has 0 saturated heterocycles. The van der Waals surface area contributed by atoms with E-state index in [4.69, 9.17) is 4.74 Å². The van der Waals surface area contributed by atoms with Crippen LogP contribution in [0.5, 0.6) is 0 Å². The minimum atomic E-state index is -3.41. The smallest absolute Gasteiger partial charge is 0.338 e. The molecule has 0 heterocycles. The maximum Gasteiger partial charge on any atom is 0.338 e. The van der Waals surface area contributed by atoms with Gasteiger partial charge in [0, 0.05) is 33.8 Å². The van der Waals surface area contributed by atoms with Crippen LogP contribution >= 0.6 is 70.9 Å². The third-order valence-corrected chi connectivity index (χ3v) is 8.94. The number of hydrogen-bond donors (Lipinski definition) is 0. The molecular weight excluding hydrogens is 639 g/mol. The molecule has 28 heavy (non-hydrogen) atoms. The number of ether oxygens (including phenoxy) is 1. The summed E-state index contributed by atoms with van der Waals surface area (Å²) < 4.78 is 22.8. The first kappa shape index (κ1) is 22.0. The minimum Gasteiger partial charge on any atom is -0.465 e. The van der Waals surface area contributed by atoms with E-state index >= 15 is 0 Å². The van der Waals surface area contributed by atoms with Crippen LogP contribution in [-0.2, 0) is 9.30 Å². The Kier molecular flexibility index (Phi) is 7.04.